The van der Waals surface area contributed by atoms with E-state index in [0.717, 1.165) is 13.2 Å². The van der Waals surface area contributed by atoms with Crippen LogP contribution in [-0.2, 0) is 9.30 Å². The van der Waals surface area contributed by atoms with Crippen molar-refractivity contribution in [3.63, 3.8) is 0 Å². The van der Waals surface area contributed by atoms with E-state index in [2.05, 4.69) is 13.8 Å². The van der Waals surface area contributed by atoms with Crippen LogP contribution in [0.25, 0.3) is 0 Å². The predicted molar refractivity (Wildman–Crippen MR) is 111 cm³/mol. The van der Waals surface area contributed by atoms with Gasteiger partial charge in [0.15, 0.2) is 0 Å². The van der Waals surface area contributed by atoms with Crippen molar-refractivity contribution in [3.8, 4) is 0 Å². The number of ether oxygens (including phenoxy) is 1. The second-order valence-electron chi connectivity index (χ2n) is 7.08. The SMILES string of the molecule is CCCCCCCCCCOCCCCCCCCCC.O=P(O)(O)O.[H-].[K+]. The molecule has 5 nitrogen and oxygen atoms in total. The van der Waals surface area contributed by atoms with Crippen LogP contribution in [0, 0.1) is 0 Å². The number of phosphoric acid groups is 1. The topological polar surface area (TPSA) is 87.0 Å². The Bertz CT molecular complexity index is 280. The molecule has 0 amide bonds. The minimum absolute atomic E-state index is 0. The maximum Gasteiger partial charge on any atom is 1.00 e. The molecule has 0 radical (unpaired) electrons. The Kier molecular flexibility index (Phi) is 34.2. The second kappa shape index (κ2) is 27.7. The Labute approximate surface area is 212 Å². The van der Waals surface area contributed by atoms with E-state index in [1.807, 2.05) is 0 Å². The second-order valence-corrected chi connectivity index (χ2v) is 8.10. The normalized spacial score (nSPS) is 10.9. The van der Waals surface area contributed by atoms with Crippen LogP contribution in [0.15, 0.2) is 0 Å². The van der Waals surface area contributed by atoms with Gasteiger partial charge in [0.1, 0.15) is 0 Å². The van der Waals surface area contributed by atoms with Gasteiger partial charge in [-0.2, -0.15) is 0 Å². The van der Waals surface area contributed by atoms with Gasteiger partial charge in [0.05, 0.1) is 0 Å². The molecule has 7 heteroatoms. The Hall–Kier alpha value is 1.71. The van der Waals surface area contributed by atoms with Gasteiger partial charge in [-0.1, -0.05) is 104 Å². The van der Waals surface area contributed by atoms with E-state index in [9.17, 15) is 0 Å². The zero-order valence-corrected chi connectivity index (χ0v) is 22.4. The van der Waals surface area contributed by atoms with Gasteiger partial charge >= 0.3 is 59.2 Å². The summed E-state index contributed by atoms with van der Waals surface area (Å²) in [6, 6.07) is 0. The van der Waals surface area contributed by atoms with E-state index < -0.39 is 7.82 Å². The van der Waals surface area contributed by atoms with E-state index in [1.54, 1.807) is 0 Å². The summed E-state index contributed by atoms with van der Waals surface area (Å²) < 4.78 is 14.6. The van der Waals surface area contributed by atoms with E-state index >= 15 is 0 Å². The third kappa shape index (κ3) is 47.1. The third-order valence-electron chi connectivity index (χ3n) is 4.28. The molecule has 0 saturated heterocycles. The zero-order valence-electron chi connectivity index (χ0n) is 19.3. The number of unbranched alkanes of at least 4 members (excludes halogenated alkanes) is 14. The summed E-state index contributed by atoms with van der Waals surface area (Å²) in [4.78, 5) is 21.6. The number of hydrogen-bond donors (Lipinski definition) is 3. The van der Waals surface area contributed by atoms with Crippen molar-refractivity contribution < 1.29 is 76.8 Å². The summed E-state index contributed by atoms with van der Waals surface area (Å²) in [7, 11) is -4.64. The number of hydrogen-bond acceptors (Lipinski definition) is 2. The predicted octanol–water partition coefficient (Wildman–Crippen LogP) is 3.47. The molecule has 162 valence electrons. The fraction of sp³-hybridized carbons (Fsp3) is 1.00. The van der Waals surface area contributed by atoms with Gasteiger partial charge in [-0.05, 0) is 12.8 Å². The van der Waals surface area contributed by atoms with Crippen molar-refractivity contribution in [2.75, 3.05) is 13.2 Å². The molecule has 3 N–H and O–H groups in total. The molecule has 0 aromatic rings. The van der Waals surface area contributed by atoms with Crippen molar-refractivity contribution in [2.24, 2.45) is 0 Å². The molecule has 0 unspecified atom stereocenters. The van der Waals surface area contributed by atoms with Crippen LogP contribution in [-0.4, -0.2) is 27.9 Å². The van der Waals surface area contributed by atoms with E-state index in [-0.39, 0.29) is 52.8 Å². The maximum absolute atomic E-state index is 8.88. The van der Waals surface area contributed by atoms with Gasteiger partial charge in [0.2, 0.25) is 0 Å². The Morgan fingerprint density at radius 2 is 0.815 bits per heavy atom. The molecule has 0 aliphatic rings. The molecular formula is C20H46KO5P. The fourth-order valence-electron chi connectivity index (χ4n) is 2.78. The monoisotopic (exact) mass is 436 g/mol. The van der Waals surface area contributed by atoms with Crippen molar-refractivity contribution >= 4 is 7.82 Å². The van der Waals surface area contributed by atoms with Crippen LogP contribution in [0.4, 0.5) is 0 Å². The molecule has 0 spiro atoms. The molecule has 0 bridgehead atoms. The van der Waals surface area contributed by atoms with Crippen LogP contribution in [0.5, 0.6) is 0 Å². The van der Waals surface area contributed by atoms with Gasteiger partial charge in [0.25, 0.3) is 0 Å². The molecule has 0 rings (SSSR count). The summed E-state index contributed by atoms with van der Waals surface area (Å²) >= 11 is 0. The minimum atomic E-state index is -4.64. The molecule has 0 aromatic carbocycles. The average molecular weight is 437 g/mol. The molecule has 0 aliphatic heterocycles. The Balaban J connectivity index is -0.000000364. The first-order valence-electron chi connectivity index (χ1n) is 10.8. The maximum atomic E-state index is 8.88. The quantitative estimate of drug-likeness (QED) is 0.174. The van der Waals surface area contributed by atoms with Crippen LogP contribution < -0.4 is 51.4 Å². The van der Waals surface area contributed by atoms with Crippen molar-refractivity contribution in [1.82, 2.24) is 0 Å². The standard InChI is InChI=1S/C20H42O.K.H3O4P.H/c1-3-5-7-9-11-13-15-17-19-21-20-18-16-14-12-10-8-6-4-2;;1-5(2,3)4;/h3-20H2,1-2H3;;(H3,1,2,3,4);/q;+1;;-1. The molecule has 27 heavy (non-hydrogen) atoms. The molecule has 0 atom stereocenters. The first kappa shape index (κ1) is 33.3. The summed E-state index contributed by atoms with van der Waals surface area (Å²) in [6.07, 6.45) is 22.2. The summed E-state index contributed by atoms with van der Waals surface area (Å²) in [5.41, 5.74) is 0. The van der Waals surface area contributed by atoms with E-state index in [0.29, 0.717) is 0 Å². The molecule has 0 aromatic heterocycles. The first-order chi connectivity index (χ1) is 12.4. The zero-order chi connectivity index (χ0) is 19.9. The number of rotatable bonds is 18. The van der Waals surface area contributed by atoms with Crippen molar-refractivity contribution in [3.05, 3.63) is 0 Å². The van der Waals surface area contributed by atoms with Gasteiger partial charge in [-0.3, -0.25) is 0 Å². The average Bonchev–Trinajstić information content (AvgIpc) is 2.56. The Morgan fingerprint density at radius 3 is 1.07 bits per heavy atom. The summed E-state index contributed by atoms with van der Waals surface area (Å²) in [5.74, 6) is 0. The van der Waals surface area contributed by atoms with Crippen LogP contribution >= 0.6 is 7.82 Å². The van der Waals surface area contributed by atoms with Crippen LogP contribution in [0.3, 0.4) is 0 Å². The third-order valence-corrected chi connectivity index (χ3v) is 4.28. The van der Waals surface area contributed by atoms with E-state index in [4.69, 9.17) is 24.0 Å². The van der Waals surface area contributed by atoms with Crippen molar-refractivity contribution in [2.45, 2.75) is 117 Å². The van der Waals surface area contributed by atoms with Crippen LogP contribution in [0.1, 0.15) is 118 Å². The van der Waals surface area contributed by atoms with Gasteiger partial charge in [-0.25, -0.2) is 4.57 Å². The molecule has 0 fully saturated rings. The van der Waals surface area contributed by atoms with Crippen LogP contribution in [0.2, 0.25) is 0 Å². The summed E-state index contributed by atoms with van der Waals surface area (Å²) in [6.45, 7) is 6.55. The smallest absolute Gasteiger partial charge is 1.00 e. The fourth-order valence-corrected chi connectivity index (χ4v) is 2.78. The first-order valence-corrected chi connectivity index (χ1v) is 12.3. The summed E-state index contributed by atoms with van der Waals surface area (Å²) in [5, 5.41) is 0. The molecule has 0 saturated carbocycles. The molecular weight excluding hydrogens is 390 g/mol. The molecule has 0 aliphatic carbocycles. The van der Waals surface area contributed by atoms with E-state index in [1.165, 1.54) is 103 Å². The van der Waals surface area contributed by atoms with Gasteiger partial charge in [0, 0.05) is 13.2 Å². The van der Waals surface area contributed by atoms with Crippen molar-refractivity contribution in [1.29, 1.82) is 0 Å². The largest absolute Gasteiger partial charge is 1.00 e. The minimum Gasteiger partial charge on any atom is -1.00 e. The van der Waals surface area contributed by atoms with Gasteiger partial charge < -0.3 is 20.8 Å². The Morgan fingerprint density at radius 1 is 0.593 bits per heavy atom. The molecule has 0 heterocycles. The van der Waals surface area contributed by atoms with Gasteiger partial charge in [-0.15, -0.1) is 0 Å².